The lowest BCUT2D eigenvalue weighted by molar-refractivity contribution is 0.0571. The Morgan fingerprint density at radius 1 is 1.25 bits per heavy atom. The Balaban J connectivity index is 1.50. The number of anilines is 1. The van der Waals surface area contributed by atoms with Crippen LogP contribution >= 0.6 is 11.3 Å². The highest BCUT2D eigenvalue weighted by molar-refractivity contribution is 7.08. The molecule has 2 aromatic heterocycles. The van der Waals surface area contributed by atoms with Crippen LogP contribution in [0, 0.1) is 0 Å². The molecule has 0 radical (unpaired) electrons. The molecule has 24 heavy (non-hydrogen) atoms. The highest BCUT2D eigenvalue weighted by Gasteiger charge is 2.22. The van der Waals surface area contributed by atoms with Crippen LogP contribution in [0.1, 0.15) is 18.1 Å². The van der Waals surface area contributed by atoms with Crippen LogP contribution in [0.25, 0.3) is 0 Å². The monoisotopic (exact) mass is 347 g/mol. The van der Waals surface area contributed by atoms with Gasteiger partial charge < -0.3 is 20.2 Å². The molecule has 1 fully saturated rings. The fourth-order valence-electron chi connectivity index (χ4n) is 2.73. The first-order valence-corrected chi connectivity index (χ1v) is 9.19. The largest absolute Gasteiger partial charge is 0.384 e. The van der Waals surface area contributed by atoms with E-state index < -0.39 is 5.60 Å². The van der Waals surface area contributed by atoms with Crippen molar-refractivity contribution in [3.05, 3.63) is 40.3 Å². The van der Waals surface area contributed by atoms with Crippen LogP contribution in [0.4, 0.5) is 5.95 Å². The van der Waals surface area contributed by atoms with Crippen molar-refractivity contribution in [1.29, 1.82) is 0 Å². The van der Waals surface area contributed by atoms with Gasteiger partial charge in [0.25, 0.3) is 0 Å². The summed E-state index contributed by atoms with van der Waals surface area (Å²) in [4.78, 5) is 13.5. The standard InChI is InChI=1S/C17H25N5OS/c1-17(23,15-3-8-24-12-15)13-18-9-14-10-19-16(20-11-14)22-6-4-21(2)5-7-22/h3,8,10-12,18,23H,4-7,9,13H2,1-2H3. The first-order chi connectivity index (χ1) is 11.5. The minimum atomic E-state index is -0.860. The van der Waals surface area contributed by atoms with Crippen molar-refractivity contribution in [1.82, 2.24) is 20.2 Å². The summed E-state index contributed by atoms with van der Waals surface area (Å²) in [5.41, 5.74) is 1.11. The van der Waals surface area contributed by atoms with E-state index in [-0.39, 0.29) is 0 Å². The summed E-state index contributed by atoms with van der Waals surface area (Å²) in [6.07, 6.45) is 3.74. The molecule has 1 atom stereocenters. The van der Waals surface area contributed by atoms with Gasteiger partial charge in [0.15, 0.2) is 0 Å². The van der Waals surface area contributed by atoms with Gasteiger partial charge in [-0.05, 0) is 36.4 Å². The molecule has 2 aromatic rings. The molecular weight excluding hydrogens is 322 g/mol. The van der Waals surface area contributed by atoms with Gasteiger partial charge in [0.2, 0.25) is 5.95 Å². The molecule has 130 valence electrons. The average Bonchev–Trinajstić information content (AvgIpc) is 3.12. The number of hydrogen-bond acceptors (Lipinski definition) is 7. The Labute approximate surface area is 147 Å². The van der Waals surface area contributed by atoms with Gasteiger partial charge in [-0.25, -0.2) is 9.97 Å². The predicted octanol–water partition coefficient (Wildman–Crippen LogP) is 1.29. The maximum Gasteiger partial charge on any atom is 0.225 e. The van der Waals surface area contributed by atoms with Gasteiger partial charge in [-0.2, -0.15) is 11.3 Å². The lowest BCUT2D eigenvalue weighted by Gasteiger charge is -2.32. The van der Waals surface area contributed by atoms with Crippen LogP contribution < -0.4 is 10.2 Å². The molecule has 2 N–H and O–H groups in total. The van der Waals surface area contributed by atoms with Crippen molar-refractivity contribution in [3.8, 4) is 0 Å². The van der Waals surface area contributed by atoms with Gasteiger partial charge in [0.05, 0.1) is 5.60 Å². The number of aromatic nitrogens is 2. The molecule has 0 aromatic carbocycles. The van der Waals surface area contributed by atoms with Crippen LogP contribution in [0.15, 0.2) is 29.2 Å². The summed E-state index contributed by atoms with van der Waals surface area (Å²) in [7, 11) is 2.14. The molecule has 3 rings (SSSR count). The van der Waals surface area contributed by atoms with Gasteiger partial charge in [-0.15, -0.1) is 0 Å². The SMILES string of the molecule is CN1CCN(c2ncc(CNCC(C)(O)c3ccsc3)cn2)CC1. The maximum absolute atomic E-state index is 10.5. The number of nitrogens with zero attached hydrogens (tertiary/aromatic N) is 4. The van der Waals surface area contributed by atoms with Crippen LogP contribution in [0.5, 0.6) is 0 Å². The summed E-state index contributed by atoms with van der Waals surface area (Å²) in [6.45, 7) is 6.99. The van der Waals surface area contributed by atoms with Crippen LogP contribution in [-0.4, -0.2) is 59.7 Å². The minimum absolute atomic E-state index is 0.490. The number of piperazine rings is 1. The number of aliphatic hydroxyl groups is 1. The fraction of sp³-hybridized carbons (Fsp3) is 0.529. The van der Waals surface area contributed by atoms with E-state index in [4.69, 9.17) is 0 Å². The summed E-state index contributed by atoms with van der Waals surface area (Å²) >= 11 is 1.60. The zero-order valence-electron chi connectivity index (χ0n) is 14.3. The third kappa shape index (κ3) is 4.30. The average molecular weight is 347 g/mol. The number of hydrogen-bond donors (Lipinski definition) is 2. The van der Waals surface area contributed by atoms with Crippen molar-refractivity contribution in [2.45, 2.75) is 19.1 Å². The van der Waals surface area contributed by atoms with Crippen LogP contribution in [-0.2, 0) is 12.1 Å². The zero-order chi connectivity index (χ0) is 17.0. The van der Waals surface area contributed by atoms with E-state index >= 15 is 0 Å². The fourth-order valence-corrected chi connectivity index (χ4v) is 3.52. The van der Waals surface area contributed by atoms with Gasteiger partial charge in [0.1, 0.15) is 0 Å². The molecule has 0 bridgehead atoms. The van der Waals surface area contributed by atoms with E-state index in [2.05, 4.69) is 32.1 Å². The molecule has 1 aliphatic heterocycles. The lowest BCUT2D eigenvalue weighted by Crippen LogP contribution is -2.45. The molecule has 3 heterocycles. The second-order valence-electron chi connectivity index (χ2n) is 6.57. The number of thiophene rings is 1. The van der Waals surface area contributed by atoms with Crippen LogP contribution in [0.2, 0.25) is 0 Å². The summed E-state index contributed by atoms with van der Waals surface area (Å²) in [6, 6.07) is 1.96. The Bertz CT molecular complexity index is 621. The molecule has 6 nitrogen and oxygen atoms in total. The topological polar surface area (TPSA) is 64.5 Å². The van der Waals surface area contributed by atoms with E-state index in [1.165, 1.54) is 0 Å². The van der Waals surface area contributed by atoms with Gasteiger partial charge in [0, 0.05) is 57.2 Å². The van der Waals surface area contributed by atoms with Crippen LogP contribution in [0.3, 0.4) is 0 Å². The Morgan fingerprint density at radius 2 is 1.96 bits per heavy atom. The Kier molecular flexibility index (Phi) is 5.45. The second kappa shape index (κ2) is 7.57. The molecule has 1 unspecified atom stereocenters. The van der Waals surface area contributed by atoms with E-state index in [1.54, 1.807) is 11.3 Å². The van der Waals surface area contributed by atoms with E-state index in [0.717, 1.165) is 43.3 Å². The second-order valence-corrected chi connectivity index (χ2v) is 7.35. The van der Waals surface area contributed by atoms with E-state index in [9.17, 15) is 5.11 Å². The quantitative estimate of drug-likeness (QED) is 0.821. The van der Waals surface area contributed by atoms with Crippen molar-refractivity contribution in [2.24, 2.45) is 0 Å². The Hall–Kier alpha value is -1.54. The third-order valence-corrected chi connectivity index (χ3v) is 5.10. The smallest absolute Gasteiger partial charge is 0.225 e. The van der Waals surface area contributed by atoms with Crippen molar-refractivity contribution in [3.63, 3.8) is 0 Å². The summed E-state index contributed by atoms with van der Waals surface area (Å²) < 4.78 is 0. The van der Waals surface area contributed by atoms with Gasteiger partial charge >= 0.3 is 0 Å². The first-order valence-electron chi connectivity index (χ1n) is 8.25. The molecule has 0 spiro atoms. The highest BCUT2D eigenvalue weighted by atomic mass is 32.1. The van der Waals surface area contributed by atoms with Gasteiger partial charge in [-0.3, -0.25) is 0 Å². The molecule has 1 aliphatic rings. The number of rotatable bonds is 6. The van der Waals surface area contributed by atoms with Gasteiger partial charge in [-0.1, -0.05) is 0 Å². The third-order valence-electron chi connectivity index (χ3n) is 4.42. The highest BCUT2D eigenvalue weighted by Crippen LogP contribution is 2.22. The predicted molar refractivity (Wildman–Crippen MR) is 97.3 cm³/mol. The van der Waals surface area contributed by atoms with E-state index in [0.29, 0.717) is 13.1 Å². The normalized spacial score (nSPS) is 18.5. The minimum Gasteiger partial charge on any atom is -0.384 e. The molecule has 7 heteroatoms. The molecule has 0 amide bonds. The maximum atomic E-state index is 10.5. The molecule has 0 aliphatic carbocycles. The van der Waals surface area contributed by atoms with Crippen molar-refractivity contribution >= 4 is 17.3 Å². The molecular formula is C17H25N5OS. The molecule has 0 saturated carbocycles. The van der Waals surface area contributed by atoms with Crippen molar-refractivity contribution in [2.75, 3.05) is 44.7 Å². The first kappa shape index (κ1) is 17.3. The van der Waals surface area contributed by atoms with E-state index in [1.807, 2.05) is 36.1 Å². The summed E-state index contributed by atoms with van der Waals surface area (Å²) in [5, 5.41) is 17.7. The molecule has 1 saturated heterocycles. The lowest BCUT2D eigenvalue weighted by atomic mass is 9.99. The number of nitrogens with one attached hydrogen (secondary N) is 1. The Morgan fingerprint density at radius 3 is 2.58 bits per heavy atom. The van der Waals surface area contributed by atoms with Crippen molar-refractivity contribution < 1.29 is 5.11 Å². The summed E-state index contributed by atoms with van der Waals surface area (Å²) in [5.74, 6) is 0.803. The zero-order valence-corrected chi connectivity index (χ0v) is 15.1. The number of likely N-dealkylation sites (N-methyl/N-ethyl adjacent to an activating group) is 1.